The summed E-state index contributed by atoms with van der Waals surface area (Å²) in [5.41, 5.74) is 7.38. The number of piperazine rings is 1. The van der Waals surface area contributed by atoms with Crippen LogP contribution in [0.4, 0.5) is 10.1 Å². The molecule has 24 heavy (non-hydrogen) atoms. The van der Waals surface area contributed by atoms with Gasteiger partial charge in [-0.25, -0.2) is 4.39 Å². The first-order valence-electron chi connectivity index (χ1n) is 7.84. The maximum absolute atomic E-state index is 13.9. The highest BCUT2D eigenvalue weighted by Gasteiger charge is 2.19. The number of nitrogens with two attached hydrogens (primary N) is 1. The van der Waals surface area contributed by atoms with Gasteiger partial charge in [0.05, 0.1) is 0 Å². The first-order valence-corrected chi connectivity index (χ1v) is 8.22. The van der Waals surface area contributed by atoms with Crippen LogP contribution in [0.5, 0.6) is 0 Å². The number of carbonyl (C=O) groups excluding carboxylic acids is 1. The number of nitrogens with zero attached hydrogens (tertiary/aromatic N) is 2. The molecule has 2 N–H and O–H groups in total. The summed E-state index contributed by atoms with van der Waals surface area (Å²) in [5.74, 6) is -0.680. The molecular weight excluding hydrogens is 329 g/mol. The molecule has 4 nitrogen and oxygen atoms in total. The van der Waals surface area contributed by atoms with Crippen molar-refractivity contribution in [3.63, 3.8) is 0 Å². The van der Waals surface area contributed by atoms with Crippen LogP contribution in [0.1, 0.15) is 15.9 Å². The Hall–Kier alpha value is -2.11. The van der Waals surface area contributed by atoms with Gasteiger partial charge in [0.1, 0.15) is 5.82 Å². The van der Waals surface area contributed by atoms with E-state index in [9.17, 15) is 9.18 Å². The van der Waals surface area contributed by atoms with Crippen molar-refractivity contribution in [3.8, 4) is 0 Å². The molecule has 1 heterocycles. The van der Waals surface area contributed by atoms with E-state index in [1.54, 1.807) is 24.3 Å². The molecule has 2 aromatic rings. The third kappa shape index (κ3) is 3.68. The molecule has 1 saturated heterocycles. The molecule has 1 fully saturated rings. The number of amides is 1. The normalized spacial score (nSPS) is 15.5. The summed E-state index contributed by atoms with van der Waals surface area (Å²) in [6.45, 7) is 3.83. The molecule has 0 aliphatic carbocycles. The molecule has 1 aliphatic heterocycles. The summed E-state index contributed by atoms with van der Waals surface area (Å²) in [4.78, 5) is 15.6. The minimum atomic E-state index is -0.423. The second kappa shape index (κ2) is 7.20. The lowest BCUT2D eigenvalue weighted by molar-refractivity contribution is 0.100. The van der Waals surface area contributed by atoms with Crippen LogP contribution in [-0.4, -0.2) is 37.0 Å². The molecule has 0 aromatic heterocycles. The molecule has 6 heteroatoms. The van der Waals surface area contributed by atoms with E-state index in [0.29, 0.717) is 22.7 Å². The second-order valence-electron chi connectivity index (χ2n) is 5.87. The number of hydrogen-bond acceptors (Lipinski definition) is 3. The van der Waals surface area contributed by atoms with E-state index in [0.717, 1.165) is 31.9 Å². The monoisotopic (exact) mass is 347 g/mol. The molecule has 0 bridgehead atoms. The Balaban J connectivity index is 1.60. The summed E-state index contributed by atoms with van der Waals surface area (Å²) in [6.07, 6.45) is 0. The first kappa shape index (κ1) is 16.7. The first-order chi connectivity index (χ1) is 11.5. The Morgan fingerprint density at radius 1 is 1.08 bits per heavy atom. The Morgan fingerprint density at radius 3 is 2.33 bits per heavy atom. The summed E-state index contributed by atoms with van der Waals surface area (Å²) < 4.78 is 13.9. The van der Waals surface area contributed by atoms with Gasteiger partial charge in [0.15, 0.2) is 0 Å². The molecule has 3 rings (SSSR count). The van der Waals surface area contributed by atoms with E-state index in [1.165, 1.54) is 6.07 Å². The van der Waals surface area contributed by atoms with Gasteiger partial charge in [-0.3, -0.25) is 9.69 Å². The highest BCUT2D eigenvalue weighted by molar-refractivity contribution is 6.31. The van der Waals surface area contributed by atoms with Crippen molar-refractivity contribution < 1.29 is 9.18 Å². The maximum Gasteiger partial charge on any atom is 0.248 e. The highest BCUT2D eigenvalue weighted by atomic mass is 35.5. The Kier molecular flexibility index (Phi) is 5.02. The molecule has 126 valence electrons. The summed E-state index contributed by atoms with van der Waals surface area (Å²) in [6, 6.07) is 12.1. The highest BCUT2D eigenvalue weighted by Crippen LogP contribution is 2.23. The van der Waals surface area contributed by atoms with Crippen molar-refractivity contribution in [3.05, 3.63) is 64.4 Å². The second-order valence-corrected chi connectivity index (χ2v) is 6.28. The predicted molar refractivity (Wildman–Crippen MR) is 93.9 cm³/mol. The van der Waals surface area contributed by atoms with Gasteiger partial charge >= 0.3 is 0 Å². The van der Waals surface area contributed by atoms with Crippen LogP contribution >= 0.6 is 11.6 Å². The summed E-state index contributed by atoms with van der Waals surface area (Å²) in [5, 5.41) is 0.472. The molecule has 0 radical (unpaired) electrons. The minimum absolute atomic E-state index is 0.257. The average Bonchev–Trinajstić information content (AvgIpc) is 2.59. The Bertz CT molecular complexity index is 707. The standard InChI is InChI=1S/C18H19ClFN3O/c19-16-2-1-3-17(20)15(16)12-22-8-10-23(11-9-22)14-6-4-13(5-7-14)18(21)24/h1-7H,8-12H2,(H2,21,24). The average molecular weight is 348 g/mol. The molecule has 1 aliphatic rings. The number of primary amides is 1. The van der Waals surface area contributed by atoms with Crippen LogP contribution < -0.4 is 10.6 Å². The molecule has 2 aromatic carbocycles. The van der Waals surface area contributed by atoms with Crippen LogP contribution in [0.3, 0.4) is 0 Å². The third-order valence-electron chi connectivity index (χ3n) is 4.33. The molecule has 1 amide bonds. The van der Waals surface area contributed by atoms with Crippen molar-refractivity contribution in [1.82, 2.24) is 4.90 Å². The minimum Gasteiger partial charge on any atom is -0.369 e. The fourth-order valence-corrected chi connectivity index (χ4v) is 3.13. The fourth-order valence-electron chi connectivity index (χ4n) is 2.91. The summed E-state index contributed by atoms with van der Waals surface area (Å²) >= 11 is 6.10. The lowest BCUT2D eigenvalue weighted by Crippen LogP contribution is -2.46. The van der Waals surface area contributed by atoms with Gasteiger partial charge in [-0.05, 0) is 36.4 Å². The maximum atomic E-state index is 13.9. The number of carbonyl (C=O) groups is 1. The van der Waals surface area contributed by atoms with Crippen molar-refractivity contribution in [2.24, 2.45) is 5.73 Å². The lowest BCUT2D eigenvalue weighted by atomic mass is 10.1. The zero-order valence-electron chi connectivity index (χ0n) is 13.2. The van der Waals surface area contributed by atoms with E-state index in [-0.39, 0.29) is 5.82 Å². The van der Waals surface area contributed by atoms with Crippen LogP contribution in [0.25, 0.3) is 0 Å². The predicted octanol–water partition coefficient (Wildman–Crippen LogP) is 2.90. The van der Waals surface area contributed by atoms with Crippen molar-refractivity contribution in [2.45, 2.75) is 6.54 Å². The van der Waals surface area contributed by atoms with E-state index in [1.807, 2.05) is 12.1 Å². The van der Waals surface area contributed by atoms with E-state index < -0.39 is 5.91 Å². The van der Waals surface area contributed by atoms with Crippen molar-refractivity contribution in [1.29, 1.82) is 0 Å². The van der Waals surface area contributed by atoms with Gasteiger partial charge in [-0.1, -0.05) is 17.7 Å². The molecule has 0 unspecified atom stereocenters. The number of rotatable bonds is 4. The van der Waals surface area contributed by atoms with E-state index in [4.69, 9.17) is 17.3 Å². The Labute approximate surface area is 145 Å². The van der Waals surface area contributed by atoms with Crippen molar-refractivity contribution in [2.75, 3.05) is 31.1 Å². The molecular formula is C18H19ClFN3O. The number of halogens is 2. The number of anilines is 1. The molecule has 0 atom stereocenters. The lowest BCUT2D eigenvalue weighted by Gasteiger charge is -2.36. The summed E-state index contributed by atoms with van der Waals surface area (Å²) in [7, 11) is 0. The van der Waals surface area contributed by atoms with Crippen LogP contribution in [-0.2, 0) is 6.54 Å². The van der Waals surface area contributed by atoms with Gasteiger partial charge in [-0.15, -0.1) is 0 Å². The fraction of sp³-hybridized carbons (Fsp3) is 0.278. The van der Waals surface area contributed by atoms with Crippen LogP contribution in [0.15, 0.2) is 42.5 Å². The smallest absolute Gasteiger partial charge is 0.248 e. The van der Waals surface area contributed by atoms with Crippen molar-refractivity contribution >= 4 is 23.2 Å². The number of benzene rings is 2. The molecule has 0 saturated carbocycles. The largest absolute Gasteiger partial charge is 0.369 e. The van der Waals surface area contributed by atoms with E-state index in [2.05, 4.69) is 9.80 Å². The zero-order chi connectivity index (χ0) is 17.1. The van der Waals surface area contributed by atoms with Gasteiger partial charge in [0, 0.05) is 54.6 Å². The van der Waals surface area contributed by atoms with Gasteiger partial charge < -0.3 is 10.6 Å². The zero-order valence-corrected chi connectivity index (χ0v) is 14.0. The Morgan fingerprint density at radius 2 is 1.75 bits per heavy atom. The van der Waals surface area contributed by atoms with Crippen LogP contribution in [0.2, 0.25) is 5.02 Å². The van der Waals surface area contributed by atoms with E-state index >= 15 is 0 Å². The van der Waals surface area contributed by atoms with Gasteiger partial charge in [-0.2, -0.15) is 0 Å². The SMILES string of the molecule is NC(=O)c1ccc(N2CCN(Cc3c(F)cccc3Cl)CC2)cc1. The van der Waals surface area contributed by atoms with Crippen LogP contribution in [0, 0.1) is 5.82 Å². The topological polar surface area (TPSA) is 49.6 Å². The van der Waals surface area contributed by atoms with Gasteiger partial charge in [0.25, 0.3) is 0 Å². The third-order valence-corrected chi connectivity index (χ3v) is 4.69. The quantitative estimate of drug-likeness (QED) is 0.925. The molecule has 0 spiro atoms. The number of hydrogen-bond donors (Lipinski definition) is 1. The van der Waals surface area contributed by atoms with Gasteiger partial charge in [0.2, 0.25) is 5.91 Å².